The lowest BCUT2D eigenvalue weighted by Gasteiger charge is -2.06. The predicted molar refractivity (Wildman–Crippen MR) is 83.2 cm³/mol. The summed E-state index contributed by atoms with van der Waals surface area (Å²) in [7, 11) is 0. The van der Waals surface area contributed by atoms with Crippen LogP contribution in [-0.4, -0.2) is 19.1 Å². The van der Waals surface area contributed by atoms with Crippen molar-refractivity contribution >= 4 is 5.91 Å². The molecule has 2 rings (SSSR count). The highest BCUT2D eigenvalue weighted by molar-refractivity contribution is 5.77. The van der Waals surface area contributed by atoms with Crippen LogP contribution in [0.1, 0.15) is 11.1 Å². The Morgan fingerprint density at radius 2 is 1.88 bits per heavy atom. The van der Waals surface area contributed by atoms with E-state index < -0.39 is 30.1 Å². The molecule has 0 aliphatic carbocycles. The van der Waals surface area contributed by atoms with Crippen molar-refractivity contribution in [2.75, 3.05) is 13.2 Å². The van der Waals surface area contributed by atoms with Gasteiger partial charge in [-0.25, -0.2) is 4.39 Å². The normalized spacial score (nSPS) is 10.6. The van der Waals surface area contributed by atoms with Gasteiger partial charge in [0, 0.05) is 5.56 Å². The SMILES string of the molecule is O=C(COc1ccccc1F)NCC#Cc1cccc(C(F)(F)F)c1. The molecule has 130 valence electrons. The van der Waals surface area contributed by atoms with Crippen molar-refractivity contribution in [3.63, 3.8) is 0 Å². The molecule has 1 N–H and O–H groups in total. The highest BCUT2D eigenvalue weighted by Crippen LogP contribution is 2.29. The maximum Gasteiger partial charge on any atom is 0.416 e. The van der Waals surface area contributed by atoms with Gasteiger partial charge >= 0.3 is 6.18 Å². The number of alkyl halides is 3. The van der Waals surface area contributed by atoms with Crippen molar-refractivity contribution in [1.29, 1.82) is 0 Å². The van der Waals surface area contributed by atoms with Crippen LogP contribution in [-0.2, 0) is 11.0 Å². The summed E-state index contributed by atoms with van der Waals surface area (Å²) in [5.41, 5.74) is -0.603. The van der Waals surface area contributed by atoms with Crippen LogP contribution in [0.25, 0.3) is 0 Å². The van der Waals surface area contributed by atoms with Crippen LogP contribution in [0.2, 0.25) is 0 Å². The first-order valence-electron chi connectivity index (χ1n) is 7.16. The van der Waals surface area contributed by atoms with E-state index in [1.165, 1.54) is 30.3 Å². The Morgan fingerprint density at radius 1 is 1.12 bits per heavy atom. The van der Waals surface area contributed by atoms with Gasteiger partial charge in [0.2, 0.25) is 0 Å². The number of ether oxygens (including phenoxy) is 1. The monoisotopic (exact) mass is 351 g/mol. The van der Waals surface area contributed by atoms with E-state index in [9.17, 15) is 22.4 Å². The van der Waals surface area contributed by atoms with Gasteiger partial charge in [0.15, 0.2) is 18.2 Å². The molecule has 0 aromatic heterocycles. The maximum absolute atomic E-state index is 13.3. The molecule has 0 unspecified atom stereocenters. The Hall–Kier alpha value is -3.01. The molecule has 2 aromatic carbocycles. The topological polar surface area (TPSA) is 38.3 Å². The highest BCUT2D eigenvalue weighted by atomic mass is 19.4. The molecule has 0 saturated heterocycles. The molecular weight excluding hydrogens is 338 g/mol. The molecule has 7 heteroatoms. The molecule has 1 amide bonds. The molecule has 0 atom stereocenters. The zero-order chi connectivity index (χ0) is 18.3. The van der Waals surface area contributed by atoms with Crippen molar-refractivity contribution in [1.82, 2.24) is 5.32 Å². The lowest BCUT2D eigenvalue weighted by atomic mass is 10.1. The Bertz CT molecular complexity index is 806. The maximum atomic E-state index is 13.3. The Labute approximate surface area is 141 Å². The molecule has 0 saturated carbocycles. The standard InChI is InChI=1S/C18H13F4NO2/c19-15-8-1-2-9-16(15)25-12-17(24)23-10-4-6-13-5-3-7-14(11-13)18(20,21)22/h1-3,5,7-9,11H,10,12H2,(H,23,24). The minimum atomic E-state index is -4.43. The van der Waals surface area contributed by atoms with Gasteiger partial charge in [-0.05, 0) is 30.3 Å². The zero-order valence-corrected chi connectivity index (χ0v) is 12.9. The van der Waals surface area contributed by atoms with Crippen LogP contribution in [0.15, 0.2) is 48.5 Å². The Kier molecular flexibility index (Phi) is 6.01. The van der Waals surface area contributed by atoms with Gasteiger partial charge in [-0.3, -0.25) is 4.79 Å². The molecule has 0 radical (unpaired) electrons. The molecule has 0 heterocycles. The summed E-state index contributed by atoms with van der Waals surface area (Å²) in [5.74, 6) is 3.91. The first kappa shape index (κ1) is 18.3. The molecule has 0 aliphatic rings. The third kappa shape index (κ3) is 5.84. The molecule has 25 heavy (non-hydrogen) atoms. The lowest BCUT2D eigenvalue weighted by molar-refractivity contribution is -0.137. The number of carbonyl (C=O) groups is 1. The van der Waals surface area contributed by atoms with Crippen molar-refractivity contribution < 1.29 is 27.1 Å². The smallest absolute Gasteiger partial charge is 0.416 e. The summed E-state index contributed by atoms with van der Waals surface area (Å²) in [5, 5.41) is 2.41. The molecule has 2 aromatic rings. The van der Waals surface area contributed by atoms with E-state index in [-0.39, 0.29) is 17.9 Å². The predicted octanol–water partition coefficient (Wildman–Crippen LogP) is 3.39. The molecule has 3 nitrogen and oxygen atoms in total. The zero-order valence-electron chi connectivity index (χ0n) is 12.9. The van der Waals surface area contributed by atoms with Crippen LogP contribution < -0.4 is 10.1 Å². The van der Waals surface area contributed by atoms with E-state index in [2.05, 4.69) is 17.2 Å². The van der Waals surface area contributed by atoms with E-state index in [4.69, 9.17) is 4.74 Å². The van der Waals surface area contributed by atoms with Crippen molar-refractivity contribution in [2.24, 2.45) is 0 Å². The largest absolute Gasteiger partial charge is 0.481 e. The van der Waals surface area contributed by atoms with Crippen molar-refractivity contribution in [3.8, 4) is 17.6 Å². The second-order valence-corrected chi connectivity index (χ2v) is 4.88. The molecule has 0 aliphatic heterocycles. The summed E-state index contributed by atoms with van der Waals surface area (Å²) < 4.78 is 56.0. The quantitative estimate of drug-likeness (QED) is 0.677. The van der Waals surface area contributed by atoms with E-state index in [1.807, 2.05) is 0 Å². The van der Waals surface area contributed by atoms with Gasteiger partial charge in [0.05, 0.1) is 12.1 Å². The van der Waals surface area contributed by atoms with E-state index in [0.29, 0.717) is 0 Å². The average molecular weight is 351 g/mol. The number of halogens is 4. The van der Waals surface area contributed by atoms with Gasteiger partial charge in [0.1, 0.15) is 0 Å². The number of carbonyl (C=O) groups excluding carboxylic acids is 1. The number of nitrogens with one attached hydrogen (secondary N) is 1. The number of benzene rings is 2. The fraction of sp³-hybridized carbons (Fsp3) is 0.167. The van der Waals surface area contributed by atoms with Gasteiger partial charge in [-0.15, -0.1) is 0 Å². The molecule has 0 spiro atoms. The Morgan fingerprint density at radius 3 is 2.60 bits per heavy atom. The average Bonchev–Trinajstić information content (AvgIpc) is 2.57. The summed E-state index contributed by atoms with van der Waals surface area (Å²) in [6.45, 7) is -0.470. The fourth-order valence-corrected chi connectivity index (χ4v) is 1.82. The highest BCUT2D eigenvalue weighted by Gasteiger charge is 2.30. The van der Waals surface area contributed by atoms with Crippen LogP contribution >= 0.6 is 0 Å². The van der Waals surface area contributed by atoms with E-state index in [1.54, 1.807) is 6.07 Å². The van der Waals surface area contributed by atoms with Crippen LogP contribution in [0.3, 0.4) is 0 Å². The first-order valence-corrected chi connectivity index (χ1v) is 7.16. The van der Waals surface area contributed by atoms with Crippen LogP contribution in [0, 0.1) is 17.7 Å². The summed E-state index contributed by atoms with van der Waals surface area (Å²) in [4.78, 5) is 11.5. The van der Waals surface area contributed by atoms with E-state index in [0.717, 1.165) is 12.1 Å². The van der Waals surface area contributed by atoms with Crippen molar-refractivity contribution in [2.45, 2.75) is 6.18 Å². The molecule has 0 fully saturated rings. The second kappa shape index (κ2) is 8.20. The van der Waals surface area contributed by atoms with E-state index >= 15 is 0 Å². The van der Waals surface area contributed by atoms with Crippen LogP contribution in [0.4, 0.5) is 17.6 Å². The summed E-state index contributed by atoms with van der Waals surface area (Å²) in [6.07, 6.45) is -4.43. The summed E-state index contributed by atoms with van der Waals surface area (Å²) in [6, 6.07) is 10.2. The lowest BCUT2D eigenvalue weighted by Crippen LogP contribution is -2.29. The molecular formula is C18H13F4NO2. The Balaban J connectivity index is 1.82. The molecule has 0 bridgehead atoms. The number of hydrogen-bond acceptors (Lipinski definition) is 2. The minimum absolute atomic E-state index is 0.0484. The third-order valence-electron chi connectivity index (χ3n) is 2.99. The number of amides is 1. The van der Waals surface area contributed by atoms with Gasteiger partial charge in [-0.1, -0.05) is 30.0 Å². The van der Waals surface area contributed by atoms with Crippen molar-refractivity contribution in [3.05, 3.63) is 65.5 Å². The second-order valence-electron chi connectivity index (χ2n) is 4.88. The van der Waals surface area contributed by atoms with Crippen LogP contribution in [0.5, 0.6) is 5.75 Å². The minimum Gasteiger partial charge on any atom is -0.481 e. The van der Waals surface area contributed by atoms with Gasteiger partial charge < -0.3 is 10.1 Å². The first-order chi connectivity index (χ1) is 11.9. The third-order valence-corrected chi connectivity index (χ3v) is 2.99. The number of para-hydroxylation sites is 1. The fourth-order valence-electron chi connectivity index (χ4n) is 1.82. The van der Waals surface area contributed by atoms with Gasteiger partial charge in [0.25, 0.3) is 5.91 Å². The number of rotatable bonds is 4. The summed E-state index contributed by atoms with van der Waals surface area (Å²) >= 11 is 0. The van der Waals surface area contributed by atoms with Gasteiger partial charge in [-0.2, -0.15) is 13.2 Å². The number of hydrogen-bond donors (Lipinski definition) is 1.